The maximum Gasteiger partial charge on any atom is 0.0575 e. The highest BCUT2D eigenvalue weighted by molar-refractivity contribution is 4.66. The summed E-state index contributed by atoms with van der Waals surface area (Å²) in [7, 11) is 0. The van der Waals surface area contributed by atoms with E-state index in [4.69, 9.17) is 4.74 Å². The van der Waals surface area contributed by atoms with E-state index in [-0.39, 0.29) is 0 Å². The van der Waals surface area contributed by atoms with Crippen molar-refractivity contribution in [2.24, 2.45) is 0 Å². The van der Waals surface area contributed by atoms with Gasteiger partial charge in [-0.15, -0.1) is 0 Å². The number of rotatable bonds is 7. The van der Waals surface area contributed by atoms with E-state index in [0.717, 1.165) is 13.2 Å². The molecule has 0 bridgehead atoms. The molecule has 0 heterocycles. The molecule has 0 unspecified atom stereocenters. The van der Waals surface area contributed by atoms with Crippen LogP contribution in [0.3, 0.4) is 0 Å². The number of ether oxygens (including phenoxy) is 1. The van der Waals surface area contributed by atoms with Crippen LogP contribution in [-0.2, 0) is 4.74 Å². The van der Waals surface area contributed by atoms with Crippen LogP contribution in [0.25, 0.3) is 0 Å². The second kappa shape index (κ2) is 7.24. The first kappa shape index (κ1) is 12.0. The standard InChI is InChI=1S/C12H25NO/c1-11(2)13-9-5-6-10-14-12-7-3-4-8-12/h11-13H,3-10H2,1-2H3. The van der Waals surface area contributed by atoms with Crippen molar-refractivity contribution < 1.29 is 4.74 Å². The normalized spacial score (nSPS) is 18.2. The van der Waals surface area contributed by atoms with Crippen LogP contribution in [0.1, 0.15) is 52.4 Å². The highest BCUT2D eigenvalue weighted by atomic mass is 16.5. The Morgan fingerprint density at radius 2 is 1.93 bits per heavy atom. The van der Waals surface area contributed by atoms with Gasteiger partial charge in [-0.1, -0.05) is 26.7 Å². The smallest absolute Gasteiger partial charge is 0.0575 e. The molecular formula is C12H25NO. The fourth-order valence-corrected chi connectivity index (χ4v) is 1.92. The minimum absolute atomic E-state index is 0.591. The molecule has 1 aliphatic rings. The second-order valence-electron chi connectivity index (χ2n) is 4.59. The molecule has 0 aliphatic heterocycles. The lowest BCUT2D eigenvalue weighted by Gasteiger charge is -2.11. The molecular weight excluding hydrogens is 174 g/mol. The average molecular weight is 199 g/mol. The summed E-state index contributed by atoms with van der Waals surface area (Å²) in [5.74, 6) is 0. The number of hydrogen-bond donors (Lipinski definition) is 1. The first-order chi connectivity index (χ1) is 6.79. The van der Waals surface area contributed by atoms with Crippen LogP contribution in [0.5, 0.6) is 0 Å². The molecule has 2 heteroatoms. The lowest BCUT2D eigenvalue weighted by Crippen LogP contribution is -2.23. The summed E-state index contributed by atoms with van der Waals surface area (Å²) in [6.07, 6.45) is 8.38. The van der Waals surface area contributed by atoms with Gasteiger partial charge in [0.15, 0.2) is 0 Å². The zero-order valence-electron chi connectivity index (χ0n) is 9.72. The monoisotopic (exact) mass is 199 g/mol. The molecule has 1 rings (SSSR count). The van der Waals surface area contributed by atoms with Crippen molar-refractivity contribution in [3.05, 3.63) is 0 Å². The minimum Gasteiger partial charge on any atom is -0.378 e. The van der Waals surface area contributed by atoms with Crippen LogP contribution in [-0.4, -0.2) is 25.3 Å². The van der Waals surface area contributed by atoms with Crippen LogP contribution in [0.15, 0.2) is 0 Å². The lowest BCUT2D eigenvalue weighted by atomic mass is 10.3. The Morgan fingerprint density at radius 3 is 2.57 bits per heavy atom. The summed E-state index contributed by atoms with van der Waals surface area (Å²) < 4.78 is 5.78. The Bertz CT molecular complexity index is 130. The van der Waals surface area contributed by atoms with Crippen molar-refractivity contribution in [1.29, 1.82) is 0 Å². The predicted molar refractivity (Wildman–Crippen MR) is 60.6 cm³/mol. The van der Waals surface area contributed by atoms with Crippen molar-refractivity contribution in [2.75, 3.05) is 13.2 Å². The predicted octanol–water partition coefficient (Wildman–Crippen LogP) is 2.72. The largest absolute Gasteiger partial charge is 0.378 e. The van der Waals surface area contributed by atoms with E-state index in [0.29, 0.717) is 12.1 Å². The Morgan fingerprint density at radius 1 is 1.21 bits per heavy atom. The van der Waals surface area contributed by atoms with Gasteiger partial charge in [-0.3, -0.25) is 0 Å². The summed E-state index contributed by atoms with van der Waals surface area (Å²) in [5.41, 5.74) is 0. The molecule has 2 nitrogen and oxygen atoms in total. The van der Waals surface area contributed by atoms with Gasteiger partial charge < -0.3 is 10.1 Å². The van der Waals surface area contributed by atoms with Gasteiger partial charge in [0.1, 0.15) is 0 Å². The third-order valence-corrected chi connectivity index (χ3v) is 2.78. The van der Waals surface area contributed by atoms with Crippen molar-refractivity contribution in [3.63, 3.8) is 0 Å². The van der Waals surface area contributed by atoms with Gasteiger partial charge in [0.05, 0.1) is 6.10 Å². The zero-order valence-corrected chi connectivity index (χ0v) is 9.72. The quantitative estimate of drug-likeness (QED) is 0.637. The van der Waals surface area contributed by atoms with Gasteiger partial charge in [0.25, 0.3) is 0 Å². The van der Waals surface area contributed by atoms with Crippen molar-refractivity contribution in [3.8, 4) is 0 Å². The third-order valence-electron chi connectivity index (χ3n) is 2.78. The van der Waals surface area contributed by atoms with Crippen LogP contribution in [0.4, 0.5) is 0 Å². The molecule has 0 spiro atoms. The SMILES string of the molecule is CC(C)NCCCCOC1CCCC1. The van der Waals surface area contributed by atoms with Gasteiger partial charge >= 0.3 is 0 Å². The van der Waals surface area contributed by atoms with E-state index in [2.05, 4.69) is 19.2 Å². The van der Waals surface area contributed by atoms with Crippen molar-refractivity contribution >= 4 is 0 Å². The zero-order chi connectivity index (χ0) is 10.2. The van der Waals surface area contributed by atoms with Gasteiger partial charge in [-0.25, -0.2) is 0 Å². The molecule has 1 fully saturated rings. The van der Waals surface area contributed by atoms with E-state index in [1.165, 1.54) is 38.5 Å². The topological polar surface area (TPSA) is 21.3 Å². The Hall–Kier alpha value is -0.0800. The van der Waals surface area contributed by atoms with E-state index in [9.17, 15) is 0 Å². The molecule has 0 aromatic carbocycles. The molecule has 0 saturated heterocycles. The Balaban J connectivity index is 1.79. The number of nitrogens with one attached hydrogen (secondary N) is 1. The molecule has 0 radical (unpaired) electrons. The van der Waals surface area contributed by atoms with Crippen LogP contribution < -0.4 is 5.32 Å². The molecule has 1 N–H and O–H groups in total. The van der Waals surface area contributed by atoms with Crippen molar-refractivity contribution in [2.45, 2.75) is 64.5 Å². The molecule has 0 aromatic rings. The summed E-state index contributed by atoms with van der Waals surface area (Å²) >= 11 is 0. The van der Waals surface area contributed by atoms with Crippen LogP contribution in [0.2, 0.25) is 0 Å². The summed E-state index contributed by atoms with van der Waals surface area (Å²) in [6, 6.07) is 0.616. The van der Waals surface area contributed by atoms with Gasteiger partial charge in [-0.2, -0.15) is 0 Å². The van der Waals surface area contributed by atoms with Crippen LogP contribution in [0, 0.1) is 0 Å². The molecule has 0 amide bonds. The van der Waals surface area contributed by atoms with E-state index < -0.39 is 0 Å². The number of unbranched alkanes of at least 4 members (excludes halogenated alkanes) is 1. The minimum atomic E-state index is 0.591. The lowest BCUT2D eigenvalue weighted by molar-refractivity contribution is 0.0559. The second-order valence-corrected chi connectivity index (χ2v) is 4.59. The molecule has 1 aliphatic carbocycles. The Kier molecular flexibility index (Phi) is 6.20. The summed E-state index contributed by atoms with van der Waals surface area (Å²) in [4.78, 5) is 0. The summed E-state index contributed by atoms with van der Waals surface area (Å²) in [6.45, 7) is 6.47. The van der Waals surface area contributed by atoms with Gasteiger partial charge in [0.2, 0.25) is 0 Å². The molecule has 14 heavy (non-hydrogen) atoms. The summed E-state index contributed by atoms with van der Waals surface area (Å²) in [5, 5.41) is 3.42. The van der Waals surface area contributed by atoms with E-state index >= 15 is 0 Å². The first-order valence-corrected chi connectivity index (χ1v) is 6.14. The van der Waals surface area contributed by atoms with Gasteiger partial charge in [0, 0.05) is 12.6 Å². The maximum atomic E-state index is 5.78. The molecule has 84 valence electrons. The van der Waals surface area contributed by atoms with E-state index in [1.54, 1.807) is 0 Å². The molecule has 1 saturated carbocycles. The number of hydrogen-bond acceptors (Lipinski definition) is 2. The maximum absolute atomic E-state index is 5.78. The highest BCUT2D eigenvalue weighted by Gasteiger charge is 2.14. The first-order valence-electron chi connectivity index (χ1n) is 6.14. The third kappa shape index (κ3) is 5.61. The van der Waals surface area contributed by atoms with Gasteiger partial charge in [-0.05, 0) is 32.2 Å². The van der Waals surface area contributed by atoms with Crippen LogP contribution >= 0.6 is 0 Å². The van der Waals surface area contributed by atoms with E-state index in [1.807, 2.05) is 0 Å². The fraction of sp³-hybridized carbons (Fsp3) is 1.00. The Labute approximate surface area is 88.4 Å². The molecule has 0 aromatic heterocycles. The average Bonchev–Trinajstić information content (AvgIpc) is 2.63. The van der Waals surface area contributed by atoms with Crippen molar-refractivity contribution in [1.82, 2.24) is 5.32 Å². The highest BCUT2D eigenvalue weighted by Crippen LogP contribution is 2.20. The molecule has 0 atom stereocenters. The fourth-order valence-electron chi connectivity index (χ4n) is 1.92.